The number of ether oxygens (including phenoxy) is 2. The first-order valence-electron chi connectivity index (χ1n) is 7.75. The summed E-state index contributed by atoms with van der Waals surface area (Å²) in [5, 5.41) is 0.0733. The molecule has 22 heavy (non-hydrogen) atoms. The van der Waals surface area contributed by atoms with Crippen molar-refractivity contribution in [3.05, 3.63) is 12.5 Å². The Morgan fingerprint density at radius 2 is 2.00 bits per heavy atom. The predicted molar refractivity (Wildman–Crippen MR) is 80.1 cm³/mol. The second kappa shape index (κ2) is 6.27. The molecule has 0 radical (unpaired) electrons. The Hall–Kier alpha value is -0.960. The van der Waals surface area contributed by atoms with Gasteiger partial charge in [0.1, 0.15) is 0 Å². The molecule has 7 nitrogen and oxygen atoms in total. The Kier molecular flexibility index (Phi) is 4.54. The van der Waals surface area contributed by atoms with Crippen LogP contribution >= 0.6 is 0 Å². The van der Waals surface area contributed by atoms with Crippen LogP contribution in [0.15, 0.2) is 17.6 Å². The van der Waals surface area contributed by atoms with Crippen LogP contribution in [0.5, 0.6) is 0 Å². The zero-order valence-electron chi connectivity index (χ0n) is 12.9. The number of nitrogens with zero attached hydrogens (tertiary/aromatic N) is 2. The van der Waals surface area contributed by atoms with Crippen molar-refractivity contribution in [2.45, 2.75) is 62.4 Å². The topological polar surface area (TPSA) is 82.5 Å². The summed E-state index contributed by atoms with van der Waals surface area (Å²) in [5.74, 6) is 0. The number of nitrogens with one attached hydrogen (secondary N) is 1. The minimum atomic E-state index is -3.59. The third kappa shape index (κ3) is 3.34. The molecule has 2 heterocycles. The number of hydrogen-bond acceptors (Lipinski definition) is 5. The van der Waals surface area contributed by atoms with E-state index in [9.17, 15) is 8.42 Å². The molecule has 8 heteroatoms. The van der Waals surface area contributed by atoms with Crippen molar-refractivity contribution in [1.29, 1.82) is 0 Å². The molecule has 1 aromatic heterocycles. The van der Waals surface area contributed by atoms with Crippen LogP contribution in [0.2, 0.25) is 0 Å². The second-order valence-corrected chi connectivity index (χ2v) is 7.86. The number of sulfonamides is 1. The summed E-state index contributed by atoms with van der Waals surface area (Å²) < 4.78 is 40.8. The number of rotatable bonds is 4. The number of hydrogen-bond donors (Lipinski definition) is 1. The number of fused-ring (bicyclic) bond motifs is 1. The quantitative estimate of drug-likeness (QED) is 0.894. The summed E-state index contributed by atoms with van der Waals surface area (Å²) in [7, 11) is -3.59. The molecule has 0 aromatic carbocycles. The molecule has 0 bridgehead atoms. The Labute approximate surface area is 131 Å². The smallest absolute Gasteiger partial charge is 0.259 e. The van der Waals surface area contributed by atoms with E-state index in [4.69, 9.17) is 9.47 Å². The standard InChI is InChI=1S/C14H23N3O4S/c1-10(2)17-8-14(15-9-17)22(18,19)16-11-3-4-12-13(7-11)21-6-5-20-12/h8-13,16H,3-7H2,1-2H3. The van der Waals surface area contributed by atoms with E-state index in [1.807, 2.05) is 13.8 Å². The van der Waals surface area contributed by atoms with Gasteiger partial charge in [-0.25, -0.2) is 18.1 Å². The Bertz CT molecular complexity index is 613. The van der Waals surface area contributed by atoms with E-state index < -0.39 is 10.0 Å². The maximum atomic E-state index is 12.4. The average molecular weight is 329 g/mol. The molecule has 1 saturated heterocycles. The van der Waals surface area contributed by atoms with Gasteiger partial charge in [-0.05, 0) is 33.1 Å². The van der Waals surface area contributed by atoms with Crippen molar-refractivity contribution < 1.29 is 17.9 Å². The van der Waals surface area contributed by atoms with Crippen LogP contribution in [0, 0.1) is 0 Å². The monoisotopic (exact) mass is 329 g/mol. The molecule has 3 atom stereocenters. The van der Waals surface area contributed by atoms with Crippen LogP contribution < -0.4 is 4.72 Å². The molecule has 2 fully saturated rings. The zero-order valence-corrected chi connectivity index (χ0v) is 13.8. The van der Waals surface area contributed by atoms with Crippen LogP contribution in [0.25, 0.3) is 0 Å². The van der Waals surface area contributed by atoms with Gasteiger partial charge in [-0.15, -0.1) is 0 Å². The average Bonchev–Trinajstić information content (AvgIpc) is 2.97. The van der Waals surface area contributed by atoms with Gasteiger partial charge in [0.25, 0.3) is 10.0 Å². The summed E-state index contributed by atoms with van der Waals surface area (Å²) in [4.78, 5) is 4.01. The van der Waals surface area contributed by atoms with Gasteiger partial charge in [-0.2, -0.15) is 0 Å². The van der Waals surface area contributed by atoms with Crippen molar-refractivity contribution >= 4 is 10.0 Å². The lowest BCUT2D eigenvalue weighted by atomic mass is 9.90. The zero-order chi connectivity index (χ0) is 15.7. The third-order valence-electron chi connectivity index (χ3n) is 4.25. The summed E-state index contributed by atoms with van der Waals surface area (Å²) in [6.07, 6.45) is 5.44. The van der Waals surface area contributed by atoms with E-state index in [1.54, 1.807) is 17.1 Å². The van der Waals surface area contributed by atoms with Crippen LogP contribution in [0.1, 0.15) is 39.2 Å². The maximum Gasteiger partial charge on any atom is 0.259 e. The van der Waals surface area contributed by atoms with Crippen molar-refractivity contribution in [3.63, 3.8) is 0 Å². The SMILES string of the molecule is CC(C)n1cnc(S(=O)(=O)NC2CCC3OCCOC3C2)c1. The van der Waals surface area contributed by atoms with Crippen LogP contribution in [-0.2, 0) is 19.5 Å². The fourth-order valence-corrected chi connectivity index (χ4v) is 4.21. The summed E-state index contributed by atoms with van der Waals surface area (Å²) in [6.45, 7) is 5.17. The van der Waals surface area contributed by atoms with E-state index in [2.05, 4.69) is 9.71 Å². The molecule has 0 spiro atoms. The van der Waals surface area contributed by atoms with E-state index >= 15 is 0 Å². The van der Waals surface area contributed by atoms with Gasteiger partial charge >= 0.3 is 0 Å². The van der Waals surface area contributed by atoms with Gasteiger partial charge in [0.05, 0.1) is 31.7 Å². The second-order valence-electron chi connectivity index (χ2n) is 6.20. The lowest BCUT2D eigenvalue weighted by Crippen LogP contribution is -2.49. The lowest BCUT2D eigenvalue weighted by Gasteiger charge is -2.38. The molecule has 2 aliphatic rings. The fraction of sp³-hybridized carbons (Fsp3) is 0.786. The molecule has 124 valence electrons. The first-order valence-corrected chi connectivity index (χ1v) is 9.23. The summed E-state index contributed by atoms with van der Waals surface area (Å²) in [6, 6.07) is 0.0526. The Morgan fingerprint density at radius 3 is 2.68 bits per heavy atom. The van der Waals surface area contributed by atoms with E-state index in [1.165, 1.54) is 0 Å². The van der Waals surface area contributed by atoms with Crippen molar-refractivity contribution in [2.75, 3.05) is 13.2 Å². The maximum absolute atomic E-state index is 12.4. The molecule has 1 aliphatic carbocycles. The predicted octanol–water partition coefficient (Wildman–Crippen LogP) is 1.08. The lowest BCUT2D eigenvalue weighted by molar-refractivity contribution is -0.156. The van der Waals surface area contributed by atoms with E-state index in [0.29, 0.717) is 19.6 Å². The molecule has 1 saturated carbocycles. The van der Waals surface area contributed by atoms with Crippen LogP contribution in [0.4, 0.5) is 0 Å². The van der Waals surface area contributed by atoms with Gasteiger partial charge in [-0.1, -0.05) is 0 Å². The fourth-order valence-electron chi connectivity index (χ4n) is 2.99. The van der Waals surface area contributed by atoms with Gasteiger partial charge in [0.2, 0.25) is 0 Å². The molecule has 1 aromatic rings. The molecule has 0 amide bonds. The largest absolute Gasteiger partial charge is 0.373 e. The third-order valence-corrected chi connectivity index (χ3v) is 5.65. The highest BCUT2D eigenvalue weighted by Crippen LogP contribution is 2.27. The normalized spacial score (nSPS) is 29.5. The molecule has 1 N–H and O–H groups in total. The van der Waals surface area contributed by atoms with Crippen molar-refractivity contribution in [3.8, 4) is 0 Å². The van der Waals surface area contributed by atoms with Crippen molar-refractivity contribution in [1.82, 2.24) is 14.3 Å². The molecule has 3 unspecified atom stereocenters. The molecular weight excluding hydrogens is 306 g/mol. The Morgan fingerprint density at radius 1 is 1.27 bits per heavy atom. The van der Waals surface area contributed by atoms with E-state index in [-0.39, 0.29) is 29.3 Å². The van der Waals surface area contributed by atoms with E-state index in [0.717, 1.165) is 12.8 Å². The highest BCUT2D eigenvalue weighted by Gasteiger charge is 2.36. The molecule has 1 aliphatic heterocycles. The summed E-state index contributed by atoms with van der Waals surface area (Å²) >= 11 is 0. The minimum absolute atomic E-state index is 0.0107. The van der Waals surface area contributed by atoms with Gasteiger partial charge in [0.15, 0.2) is 5.03 Å². The highest BCUT2D eigenvalue weighted by molar-refractivity contribution is 7.89. The van der Waals surface area contributed by atoms with Crippen molar-refractivity contribution in [2.24, 2.45) is 0 Å². The van der Waals surface area contributed by atoms with Crippen LogP contribution in [0.3, 0.4) is 0 Å². The first-order chi connectivity index (χ1) is 10.5. The van der Waals surface area contributed by atoms with Gasteiger partial charge in [0, 0.05) is 18.3 Å². The molecular formula is C14H23N3O4S. The number of aromatic nitrogens is 2. The Balaban J connectivity index is 1.66. The van der Waals surface area contributed by atoms with Gasteiger partial charge in [-0.3, -0.25) is 0 Å². The first kappa shape index (κ1) is 15.9. The highest BCUT2D eigenvalue weighted by atomic mass is 32.2. The molecule has 3 rings (SSSR count). The van der Waals surface area contributed by atoms with Gasteiger partial charge < -0.3 is 14.0 Å². The van der Waals surface area contributed by atoms with Crippen LogP contribution in [-0.4, -0.2) is 49.4 Å². The number of imidazole rings is 1. The minimum Gasteiger partial charge on any atom is -0.373 e. The summed E-state index contributed by atoms with van der Waals surface area (Å²) in [5.41, 5.74) is 0.